The van der Waals surface area contributed by atoms with Crippen LogP contribution in [-0.2, 0) is 0 Å². The van der Waals surface area contributed by atoms with Crippen LogP contribution >= 0.6 is 43.2 Å². The Morgan fingerprint density at radius 2 is 2.08 bits per heavy atom. The molecule has 1 aromatic carbocycles. The molecule has 1 nitrogen and oxygen atoms in total. The summed E-state index contributed by atoms with van der Waals surface area (Å²) in [7, 11) is 1.69. The van der Waals surface area contributed by atoms with Crippen LogP contribution in [0.3, 0.4) is 0 Å². The highest BCUT2D eigenvalue weighted by Crippen LogP contribution is 2.39. The second-order valence-electron chi connectivity index (χ2n) is 2.56. The molecule has 4 heteroatoms. The lowest BCUT2D eigenvalue weighted by molar-refractivity contribution is 0.421. The molecule has 1 heterocycles. The first-order chi connectivity index (χ1) is 6.22. The monoisotopic (exact) mass is 320 g/mol. The molecule has 0 fully saturated rings. The Kier molecular flexibility index (Phi) is 2.62. The van der Waals surface area contributed by atoms with Crippen LogP contribution in [0.5, 0.6) is 5.75 Å². The third-order valence-electron chi connectivity index (χ3n) is 1.78. The average molecular weight is 322 g/mol. The summed E-state index contributed by atoms with van der Waals surface area (Å²) in [6, 6.07) is 4.12. The van der Waals surface area contributed by atoms with E-state index in [4.69, 9.17) is 4.74 Å². The van der Waals surface area contributed by atoms with Crippen molar-refractivity contribution >= 4 is 53.3 Å². The quantitative estimate of drug-likeness (QED) is 0.754. The zero-order valence-corrected chi connectivity index (χ0v) is 10.8. The van der Waals surface area contributed by atoms with E-state index in [0.29, 0.717) is 0 Å². The van der Waals surface area contributed by atoms with Gasteiger partial charge in [-0.15, -0.1) is 11.3 Å². The van der Waals surface area contributed by atoms with Gasteiger partial charge in [0.15, 0.2) is 0 Å². The number of rotatable bonds is 1. The van der Waals surface area contributed by atoms with Gasteiger partial charge in [0, 0.05) is 24.4 Å². The Hall–Kier alpha value is -0.0600. The van der Waals surface area contributed by atoms with E-state index >= 15 is 0 Å². The van der Waals surface area contributed by atoms with Crippen molar-refractivity contribution in [2.24, 2.45) is 0 Å². The van der Waals surface area contributed by atoms with Crippen LogP contribution in [0.2, 0.25) is 0 Å². The van der Waals surface area contributed by atoms with E-state index < -0.39 is 0 Å². The highest BCUT2D eigenvalue weighted by Gasteiger charge is 2.08. The maximum Gasteiger partial charge on any atom is 0.138 e. The van der Waals surface area contributed by atoms with Crippen molar-refractivity contribution in [3.8, 4) is 5.75 Å². The third kappa shape index (κ3) is 1.63. The molecule has 0 radical (unpaired) electrons. The van der Waals surface area contributed by atoms with Gasteiger partial charge in [0.1, 0.15) is 5.75 Å². The average Bonchev–Trinajstić information content (AvgIpc) is 2.47. The number of benzene rings is 1. The number of hydrogen-bond donors (Lipinski definition) is 0. The Labute approximate surface area is 97.0 Å². The minimum Gasteiger partial charge on any atom is -0.495 e. The summed E-state index contributed by atoms with van der Waals surface area (Å²) in [4.78, 5) is 0. The zero-order valence-electron chi connectivity index (χ0n) is 6.80. The van der Waals surface area contributed by atoms with Crippen LogP contribution in [0.25, 0.3) is 10.1 Å². The van der Waals surface area contributed by atoms with Crippen molar-refractivity contribution in [3.63, 3.8) is 0 Å². The highest BCUT2D eigenvalue weighted by atomic mass is 79.9. The summed E-state index contributed by atoms with van der Waals surface area (Å²) in [5, 5.41) is 3.16. The molecule has 0 aliphatic rings. The Morgan fingerprint density at radius 3 is 2.77 bits per heavy atom. The Balaban J connectivity index is 2.82. The van der Waals surface area contributed by atoms with Crippen LogP contribution < -0.4 is 4.74 Å². The molecule has 0 N–H and O–H groups in total. The van der Waals surface area contributed by atoms with Crippen LogP contribution in [0.15, 0.2) is 26.5 Å². The number of ether oxygens (including phenoxy) is 1. The Morgan fingerprint density at radius 1 is 1.31 bits per heavy atom. The van der Waals surface area contributed by atoms with Crippen molar-refractivity contribution < 1.29 is 4.74 Å². The van der Waals surface area contributed by atoms with Gasteiger partial charge in [-0.05, 0) is 28.1 Å². The van der Waals surface area contributed by atoms with Crippen molar-refractivity contribution in [2.75, 3.05) is 7.11 Å². The predicted octanol–water partition coefficient (Wildman–Crippen LogP) is 4.43. The first-order valence-electron chi connectivity index (χ1n) is 3.62. The molecule has 0 saturated heterocycles. The number of methoxy groups -OCH3 is 1. The fraction of sp³-hybridized carbons (Fsp3) is 0.111. The minimum absolute atomic E-state index is 0.930. The van der Waals surface area contributed by atoms with Gasteiger partial charge in [-0.2, -0.15) is 0 Å². The normalized spacial score (nSPS) is 10.7. The van der Waals surface area contributed by atoms with E-state index in [2.05, 4.69) is 37.9 Å². The predicted molar refractivity (Wildman–Crippen MR) is 63.8 cm³/mol. The SMILES string of the molecule is COc1csc2cc(Br)cc(Br)c12. The lowest BCUT2D eigenvalue weighted by Gasteiger charge is -1.99. The fourth-order valence-corrected chi connectivity index (χ4v) is 3.88. The molecule has 1 aromatic heterocycles. The van der Waals surface area contributed by atoms with Crippen molar-refractivity contribution in [2.45, 2.75) is 0 Å². The first kappa shape index (κ1) is 9.49. The Bertz CT molecular complexity index is 450. The van der Waals surface area contributed by atoms with E-state index in [9.17, 15) is 0 Å². The van der Waals surface area contributed by atoms with E-state index in [0.717, 1.165) is 20.1 Å². The van der Waals surface area contributed by atoms with Crippen molar-refractivity contribution in [1.82, 2.24) is 0 Å². The molecule has 0 aliphatic carbocycles. The number of thiophene rings is 1. The highest BCUT2D eigenvalue weighted by molar-refractivity contribution is 9.11. The van der Waals surface area contributed by atoms with Gasteiger partial charge in [0.25, 0.3) is 0 Å². The summed E-state index contributed by atoms with van der Waals surface area (Å²) in [5.74, 6) is 0.930. The molecule has 13 heavy (non-hydrogen) atoms. The summed E-state index contributed by atoms with van der Waals surface area (Å²) < 4.78 is 8.62. The van der Waals surface area contributed by atoms with Gasteiger partial charge in [0.2, 0.25) is 0 Å². The van der Waals surface area contributed by atoms with Gasteiger partial charge < -0.3 is 4.74 Å². The van der Waals surface area contributed by atoms with Crippen LogP contribution in [0, 0.1) is 0 Å². The van der Waals surface area contributed by atoms with E-state index in [1.54, 1.807) is 18.4 Å². The third-order valence-corrected chi connectivity index (χ3v) is 3.77. The summed E-state index contributed by atoms with van der Waals surface area (Å²) in [6.45, 7) is 0. The second-order valence-corrected chi connectivity index (χ2v) is 5.25. The minimum atomic E-state index is 0.930. The molecule has 0 saturated carbocycles. The van der Waals surface area contributed by atoms with Crippen LogP contribution in [0.1, 0.15) is 0 Å². The first-order valence-corrected chi connectivity index (χ1v) is 6.09. The number of hydrogen-bond acceptors (Lipinski definition) is 2. The van der Waals surface area contributed by atoms with Gasteiger partial charge in [-0.3, -0.25) is 0 Å². The van der Waals surface area contributed by atoms with E-state index in [1.165, 1.54) is 4.70 Å². The zero-order chi connectivity index (χ0) is 9.42. The molecule has 0 atom stereocenters. The van der Waals surface area contributed by atoms with E-state index in [-0.39, 0.29) is 0 Å². The van der Waals surface area contributed by atoms with Crippen molar-refractivity contribution in [1.29, 1.82) is 0 Å². The molecule has 0 spiro atoms. The lowest BCUT2D eigenvalue weighted by Crippen LogP contribution is -1.80. The maximum absolute atomic E-state index is 5.25. The maximum atomic E-state index is 5.25. The largest absolute Gasteiger partial charge is 0.495 e. The summed E-state index contributed by atoms with van der Waals surface area (Å²) in [6.07, 6.45) is 0. The molecular formula is C9H6Br2OS. The molecule has 0 amide bonds. The standard InChI is InChI=1S/C9H6Br2OS/c1-12-7-4-13-8-3-5(10)2-6(11)9(7)8/h2-4H,1H3. The van der Waals surface area contributed by atoms with E-state index in [1.807, 2.05) is 11.4 Å². The van der Waals surface area contributed by atoms with Gasteiger partial charge in [-0.25, -0.2) is 0 Å². The molecule has 0 unspecified atom stereocenters. The molecule has 2 rings (SSSR count). The molecule has 0 aliphatic heterocycles. The summed E-state index contributed by atoms with van der Waals surface area (Å²) in [5.41, 5.74) is 0. The molecule has 68 valence electrons. The summed E-state index contributed by atoms with van der Waals surface area (Å²) >= 11 is 8.65. The smallest absolute Gasteiger partial charge is 0.138 e. The molecular weight excluding hydrogens is 316 g/mol. The van der Waals surface area contributed by atoms with Gasteiger partial charge in [-0.1, -0.05) is 15.9 Å². The lowest BCUT2D eigenvalue weighted by atomic mass is 10.2. The number of fused-ring (bicyclic) bond motifs is 1. The van der Waals surface area contributed by atoms with Crippen LogP contribution in [-0.4, -0.2) is 7.11 Å². The second kappa shape index (κ2) is 3.59. The van der Waals surface area contributed by atoms with Crippen LogP contribution in [0.4, 0.5) is 0 Å². The van der Waals surface area contributed by atoms with Gasteiger partial charge >= 0.3 is 0 Å². The fourth-order valence-electron chi connectivity index (χ4n) is 1.21. The number of halogens is 2. The van der Waals surface area contributed by atoms with Gasteiger partial charge in [0.05, 0.1) is 7.11 Å². The topological polar surface area (TPSA) is 9.23 Å². The molecule has 2 aromatic rings. The molecule has 0 bridgehead atoms. The van der Waals surface area contributed by atoms with Crippen molar-refractivity contribution in [3.05, 3.63) is 26.5 Å².